The Kier molecular flexibility index (Phi) is 4.68. The number of carbonyl (C=O) groups is 1. The lowest BCUT2D eigenvalue weighted by molar-refractivity contribution is 0.0697. The first-order chi connectivity index (χ1) is 9.10. The highest BCUT2D eigenvalue weighted by atomic mass is 79.9. The maximum absolute atomic E-state index is 11.1. The molecule has 0 radical (unpaired) electrons. The van der Waals surface area contributed by atoms with Crippen LogP contribution in [-0.4, -0.2) is 23.2 Å². The molecule has 0 atom stereocenters. The molecule has 0 saturated heterocycles. The molecule has 0 aliphatic rings. The molecule has 1 aromatic carbocycles. The first kappa shape index (κ1) is 14.2. The quantitative estimate of drug-likeness (QED) is 0.905. The van der Waals surface area contributed by atoms with Crippen molar-refractivity contribution in [3.05, 3.63) is 49.9 Å². The zero-order valence-electron chi connectivity index (χ0n) is 10.2. The Bertz CT molecular complexity index is 597. The summed E-state index contributed by atoms with van der Waals surface area (Å²) >= 11 is 4.61. The van der Waals surface area contributed by atoms with E-state index in [9.17, 15) is 4.79 Å². The summed E-state index contributed by atoms with van der Waals surface area (Å²) in [5.74, 6) is -0.954. The minimum Gasteiger partial charge on any atom is -0.477 e. The van der Waals surface area contributed by atoms with Crippen LogP contribution < -0.4 is 0 Å². The Morgan fingerprint density at radius 3 is 2.95 bits per heavy atom. The SMILES string of the molecule is COCc1nc(Cc2cccc(Br)c2)sc1C(=O)O. The van der Waals surface area contributed by atoms with Gasteiger partial charge in [0.25, 0.3) is 0 Å². The minimum absolute atomic E-state index is 0.219. The highest BCUT2D eigenvalue weighted by molar-refractivity contribution is 9.10. The number of methoxy groups -OCH3 is 1. The third kappa shape index (κ3) is 3.62. The fraction of sp³-hybridized carbons (Fsp3) is 0.231. The molecular weight excluding hydrogens is 330 g/mol. The number of thiazole rings is 1. The molecule has 100 valence electrons. The fourth-order valence-electron chi connectivity index (χ4n) is 1.70. The van der Waals surface area contributed by atoms with Crippen molar-refractivity contribution in [3.8, 4) is 0 Å². The topological polar surface area (TPSA) is 59.4 Å². The molecule has 0 fully saturated rings. The Hall–Kier alpha value is -1.24. The van der Waals surface area contributed by atoms with Crippen LogP contribution in [0.2, 0.25) is 0 Å². The summed E-state index contributed by atoms with van der Waals surface area (Å²) in [4.78, 5) is 15.7. The highest BCUT2D eigenvalue weighted by Gasteiger charge is 2.17. The van der Waals surface area contributed by atoms with E-state index in [-0.39, 0.29) is 11.5 Å². The largest absolute Gasteiger partial charge is 0.477 e. The highest BCUT2D eigenvalue weighted by Crippen LogP contribution is 2.23. The number of halogens is 1. The van der Waals surface area contributed by atoms with E-state index in [4.69, 9.17) is 9.84 Å². The summed E-state index contributed by atoms with van der Waals surface area (Å²) in [5, 5.41) is 9.90. The Morgan fingerprint density at radius 2 is 2.32 bits per heavy atom. The zero-order chi connectivity index (χ0) is 13.8. The molecule has 0 spiro atoms. The van der Waals surface area contributed by atoms with Gasteiger partial charge in [-0.2, -0.15) is 0 Å². The number of benzene rings is 1. The molecule has 0 saturated carbocycles. The summed E-state index contributed by atoms with van der Waals surface area (Å²) in [6.07, 6.45) is 0.619. The van der Waals surface area contributed by atoms with Crippen molar-refractivity contribution in [3.63, 3.8) is 0 Å². The second-order valence-corrected chi connectivity index (χ2v) is 5.93. The lowest BCUT2D eigenvalue weighted by Crippen LogP contribution is -1.99. The lowest BCUT2D eigenvalue weighted by atomic mass is 10.2. The van der Waals surface area contributed by atoms with Gasteiger partial charge in [0.05, 0.1) is 17.3 Å². The summed E-state index contributed by atoms with van der Waals surface area (Å²) in [6, 6.07) is 7.88. The lowest BCUT2D eigenvalue weighted by Gasteiger charge is -1.98. The van der Waals surface area contributed by atoms with Crippen LogP contribution in [0.4, 0.5) is 0 Å². The van der Waals surface area contributed by atoms with Crippen molar-refractivity contribution in [1.82, 2.24) is 4.98 Å². The van der Waals surface area contributed by atoms with Gasteiger partial charge in [0.1, 0.15) is 4.88 Å². The van der Waals surface area contributed by atoms with Crippen LogP contribution in [0.1, 0.15) is 25.9 Å². The van der Waals surface area contributed by atoms with Gasteiger partial charge in [-0.3, -0.25) is 0 Å². The molecular formula is C13H12BrNO3S. The molecule has 1 heterocycles. The van der Waals surface area contributed by atoms with Crippen molar-refractivity contribution in [2.24, 2.45) is 0 Å². The number of aromatic carboxylic acids is 1. The van der Waals surface area contributed by atoms with E-state index in [2.05, 4.69) is 20.9 Å². The van der Waals surface area contributed by atoms with E-state index in [0.717, 1.165) is 15.0 Å². The molecule has 2 aromatic rings. The summed E-state index contributed by atoms with van der Waals surface area (Å²) in [6.45, 7) is 0.219. The third-order valence-electron chi connectivity index (χ3n) is 2.46. The molecule has 6 heteroatoms. The Balaban J connectivity index is 2.25. The van der Waals surface area contributed by atoms with Gasteiger partial charge in [-0.1, -0.05) is 28.1 Å². The summed E-state index contributed by atoms with van der Waals surface area (Å²) in [5.41, 5.74) is 1.58. The molecule has 0 unspecified atom stereocenters. The summed E-state index contributed by atoms with van der Waals surface area (Å²) in [7, 11) is 1.53. The van der Waals surface area contributed by atoms with Crippen LogP contribution in [0.15, 0.2) is 28.7 Å². The normalized spacial score (nSPS) is 10.6. The van der Waals surface area contributed by atoms with Gasteiger partial charge in [0.2, 0.25) is 0 Å². The number of nitrogens with zero attached hydrogens (tertiary/aromatic N) is 1. The van der Waals surface area contributed by atoms with Gasteiger partial charge < -0.3 is 9.84 Å². The predicted octanol–water partition coefficient (Wildman–Crippen LogP) is 3.34. The average molecular weight is 342 g/mol. The van der Waals surface area contributed by atoms with Crippen LogP contribution in [0, 0.1) is 0 Å². The average Bonchev–Trinajstić information content (AvgIpc) is 2.73. The monoisotopic (exact) mass is 341 g/mol. The molecule has 0 aliphatic heterocycles. The standard InChI is InChI=1S/C13H12BrNO3S/c1-18-7-10-12(13(16)17)19-11(15-10)6-8-3-2-4-9(14)5-8/h2-5H,6-7H2,1H3,(H,16,17). The van der Waals surface area contributed by atoms with E-state index >= 15 is 0 Å². The molecule has 1 aromatic heterocycles. The number of ether oxygens (including phenoxy) is 1. The van der Waals surface area contributed by atoms with E-state index in [0.29, 0.717) is 12.1 Å². The number of carboxylic acids is 1. The smallest absolute Gasteiger partial charge is 0.347 e. The molecule has 0 amide bonds. The molecule has 4 nitrogen and oxygen atoms in total. The number of aromatic nitrogens is 1. The van der Waals surface area contributed by atoms with Crippen molar-refractivity contribution < 1.29 is 14.6 Å². The van der Waals surface area contributed by atoms with Crippen molar-refractivity contribution in [2.75, 3.05) is 7.11 Å². The van der Waals surface area contributed by atoms with E-state index < -0.39 is 5.97 Å². The van der Waals surface area contributed by atoms with Crippen molar-refractivity contribution >= 4 is 33.2 Å². The number of hydrogen-bond donors (Lipinski definition) is 1. The summed E-state index contributed by atoms with van der Waals surface area (Å²) < 4.78 is 5.97. The second kappa shape index (κ2) is 6.27. The van der Waals surface area contributed by atoms with Crippen LogP contribution >= 0.6 is 27.3 Å². The Labute approximate surface area is 123 Å². The maximum Gasteiger partial charge on any atom is 0.347 e. The molecule has 0 aliphatic carbocycles. The van der Waals surface area contributed by atoms with Crippen LogP contribution in [-0.2, 0) is 17.8 Å². The first-order valence-electron chi connectivity index (χ1n) is 5.55. The number of carboxylic acid groups (broad SMARTS) is 1. The van der Waals surface area contributed by atoms with Crippen LogP contribution in [0.5, 0.6) is 0 Å². The van der Waals surface area contributed by atoms with Crippen molar-refractivity contribution in [2.45, 2.75) is 13.0 Å². The zero-order valence-corrected chi connectivity index (χ0v) is 12.6. The van der Waals surface area contributed by atoms with Gasteiger partial charge in [0.15, 0.2) is 0 Å². The van der Waals surface area contributed by atoms with E-state index in [1.54, 1.807) is 0 Å². The van der Waals surface area contributed by atoms with Gasteiger partial charge in [-0.05, 0) is 17.7 Å². The molecule has 0 bridgehead atoms. The van der Waals surface area contributed by atoms with Gasteiger partial charge in [-0.25, -0.2) is 9.78 Å². The Morgan fingerprint density at radius 1 is 1.53 bits per heavy atom. The molecule has 1 N–H and O–H groups in total. The van der Waals surface area contributed by atoms with Gasteiger partial charge in [0, 0.05) is 18.0 Å². The first-order valence-corrected chi connectivity index (χ1v) is 7.16. The second-order valence-electron chi connectivity index (χ2n) is 3.93. The van der Waals surface area contributed by atoms with E-state index in [1.165, 1.54) is 18.4 Å². The van der Waals surface area contributed by atoms with Crippen molar-refractivity contribution in [1.29, 1.82) is 0 Å². The predicted molar refractivity (Wildman–Crippen MR) is 76.7 cm³/mol. The third-order valence-corrected chi connectivity index (χ3v) is 4.04. The number of rotatable bonds is 5. The number of hydrogen-bond acceptors (Lipinski definition) is 4. The van der Waals surface area contributed by atoms with Gasteiger partial charge in [-0.15, -0.1) is 11.3 Å². The van der Waals surface area contributed by atoms with E-state index in [1.807, 2.05) is 24.3 Å². The maximum atomic E-state index is 11.1. The molecule has 2 rings (SSSR count). The molecule has 19 heavy (non-hydrogen) atoms. The van der Waals surface area contributed by atoms with Crippen LogP contribution in [0.3, 0.4) is 0 Å². The minimum atomic E-state index is -0.954. The van der Waals surface area contributed by atoms with Crippen LogP contribution in [0.25, 0.3) is 0 Å². The fourth-order valence-corrected chi connectivity index (χ4v) is 3.09. The van der Waals surface area contributed by atoms with Gasteiger partial charge >= 0.3 is 5.97 Å².